The molecule has 1 aliphatic heterocycles. The first-order valence-corrected chi connectivity index (χ1v) is 9.81. The first-order chi connectivity index (χ1) is 13.7. The molecule has 2 unspecified atom stereocenters. The van der Waals surface area contributed by atoms with Gasteiger partial charge in [0.1, 0.15) is 11.6 Å². The molecular weight excluding hydrogens is 349 g/mol. The zero-order chi connectivity index (χ0) is 19.3. The largest absolute Gasteiger partial charge is 0.299 e. The third-order valence-corrected chi connectivity index (χ3v) is 5.59. The van der Waals surface area contributed by atoms with E-state index in [1.807, 2.05) is 60.7 Å². The van der Waals surface area contributed by atoms with Gasteiger partial charge in [-0.15, -0.1) is 0 Å². The number of hydrogen-bond acceptors (Lipinski definition) is 2. The van der Waals surface area contributed by atoms with Gasteiger partial charge in [0, 0.05) is 37.9 Å². The number of piperidine rings is 1. The molecule has 3 heteroatoms. The summed E-state index contributed by atoms with van der Waals surface area (Å²) in [5, 5.41) is 0. The van der Waals surface area contributed by atoms with Crippen LogP contribution >= 0.6 is 0 Å². The van der Waals surface area contributed by atoms with E-state index in [-0.39, 0.29) is 23.4 Å². The molecule has 1 fully saturated rings. The lowest BCUT2D eigenvalue weighted by atomic mass is 9.76. The molecule has 0 amide bonds. The molecule has 4 rings (SSSR count). The van der Waals surface area contributed by atoms with Crippen molar-refractivity contribution in [1.82, 2.24) is 4.90 Å². The summed E-state index contributed by atoms with van der Waals surface area (Å²) in [7, 11) is 0. The Morgan fingerprint density at radius 3 is 2.25 bits per heavy atom. The number of benzene rings is 3. The van der Waals surface area contributed by atoms with Gasteiger partial charge in [-0.25, -0.2) is 4.39 Å². The maximum absolute atomic E-state index is 14.7. The van der Waals surface area contributed by atoms with Gasteiger partial charge in [0.15, 0.2) is 0 Å². The molecule has 3 aromatic carbocycles. The molecule has 0 aliphatic carbocycles. The molecule has 0 spiro atoms. The first kappa shape index (κ1) is 18.6. The van der Waals surface area contributed by atoms with E-state index in [0.717, 1.165) is 18.7 Å². The van der Waals surface area contributed by atoms with Gasteiger partial charge in [-0.05, 0) is 22.8 Å². The van der Waals surface area contributed by atoms with E-state index in [2.05, 4.69) is 17.0 Å². The second kappa shape index (κ2) is 8.49. The van der Waals surface area contributed by atoms with E-state index in [1.54, 1.807) is 6.07 Å². The van der Waals surface area contributed by atoms with Crippen molar-refractivity contribution in [1.29, 1.82) is 0 Å². The van der Waals surface area contributed by atoms with Crippen molar-refractivity contribution in [3.63, 3.8) is 0 Å². The predicted octanol–water partition coefficient (Wildman–Crippen LogP) is 5.05. The maximum atomic E-state index is 14.7. The molecule has 2 nitrogen and oxygen atoms in total. The Morgan fingerprint density at radius 2 is 1.54 bits per heavy atom. The molecule has 0 aromatic heterocycles. The monoisotopic (exact) mass is 373 g/mol. The Kier molecular flexibility index (Phi) is 5.63. The topological polar surface area (TPSA) is 20.3 Å². The minimum Gasteiger partial charge on any atom is -0.299 e. The van der Waals surface area contributed by atoms with Gasteiger partial charge < -0.3 is 0 Å². The smallest absolute Gasteiger partial charge is 0.139 e. The third-order valence-electron chi connectivity index (χ3n) is 5.59. The van der Waals surface area contributed by atoms with E-state index in [0.29, 0.717) is 18.5 Å². The summed E-state index contributed by atoms with van der Waals surface area (Å²) in [6.07, 6.45) is 0.509. The van der Waals surface area contributed by atoms with E-state index >= 15 is 0 Å². The third kappa shape index (κ3) is 4.05. The zero-order valence-electron chi connectivity index (χ0n) is 15.8. The SMILES string of the molecule is O=C1CCN(Cc2ccccc2)CC1C(c1ccccc1)c1ccccc1F. The van der Waals surface area contributed by atoms with Crippen LogP contribution in [-0.4, -0.2) is 23.8 Å². The van der Waals surface area contributed by atoms with E-state index in [1.165, 1.54) is 11.6 Å². The van der Waals surface area contributed by atoms with Crippen molar-refractivity contribution >= 4 is 5.78 Å². The van der Waals surface area contributed by atoms with E-state index < -0.39 is 0 Å². The van der Waals surface area contributed by atoms with Crippen LogP contribution in [0.2, 0.25) is 0 Å². The molecule has 3 aromatic rings. The Labute approximate surface area is 165 Å². The van der Waals surface area contributed by atoms with E-state index in [9.17, 15) is 9.18 Å². The molecule has 1 heterocycles. The van der Waals surface area contributed by atoms with Crippen LogP contribution in [0.5, 0.6) is 0 Å². The van der Waals surface area contributed by atoms with Crippen LogP contribution in [0.1, 0.15) is 29.0 Å². The summed E-state index contributed by atoms with van der Waals surface area (Å²) >= 11 is 0. The number of ketones is 1. The quantitative estimate of drug-likeness (QED) is 0.624. The van der Waals surface area contributed by atoms with Crippen molar-refractivity contribution in [2.75, 3.05) is 13.1 Å². The minimum absolute atomic E-state index is 0.224. The molecule has 0 N–H and O–H groups in total. The van der Waals surface area contributed by atoms with Crippen molar-refractivity contribution in [3.8, 4) is 0 Å². The summed E-state index contributed by atoms with van der Waals surface area (Å²) in [5.74, 6) is -0.545. The lowest BCUT2D eigenvalue weighted by Crippen LogP contribution is -2.43. The second-order valence-corrected chi connectivity index (χ2v) is 7.45. The lowest BCUT2D eigenvalue weighted by molar-refractivity contribution is -0.126. The predicted molar refractivity (Wildman–Crippen MR) is 110 cm³/mol. The number of hydrogen-bond donors (Lipinski definition) is 0. The average Bonchev–Trinajstić information content (AvgIpc) is 2.73. The van der Waals surface area contributed by atoms with Gasteiger partial charge >= 0.3 is 0 Å². The number of nitrogens with zero attached hydrogens (tertiary/aromatic N) is 1. The molecule has 28 heavy (non-hydrogen) atoms. The molecule has 1 aliphatic rings. The Balaban J connectivity index is 1.66. The Hall–Kier alpha value is -2.78. The highest BCUT2D eigenvalue weighted by Crippen LogP contribution is 2.37. The fourth-order valence-electron chi connectivity index (χ4n) is 4.22. The number of Topliss-reactive ketones (excluding diaryl/α,β-unsaturated/α-hetero) is 1. The fraction of sp³-hybridized carbons (Fsp3) is 0.240. The maximum Gasteiger partial charge on any atom is 0.139 e. The van der Waals surface area contributed by atoms with Gasteiger partial charge in [0.2, 0.25) is 0 Å². The van der Waals surface area contributed by atoms with Gasteiger partial charge in [-0.1, -0.05) is 78.9 Å². The number of carbonyl (C=O) groups excluding carboxylic acids is 1. The van der Waals surface area contributed by atoms with Gasteiger partial charge in [-0.3, -0.25) is 9.69 Å². The minimum atomic E-state index is -0.270. The lowest BCUT2D eigenvalue weighted by Gasteiger charge is -2.36. The zero-order valence-corrected chi connectivity index (χ0v) is 15.8. The number of halogens is 1. The number of carbonyl (C=O) groups is 1. The Bertz CT molecular complexity index is 926. The van der Waals surface area contributed by atoms with Gasteiger partial charge in [0.25, 0.3) is 0 Å². The molecule has 142 valence electrons. The normalized spacial score (nSPS) is 18.8. The number of rotatable bonds is 5. The van der Waals surface area contributed by atoms with Crippen LogP contribution in [0, 0.1) is 11.7 Å². The van der Waals surface area contributed by atoms with Gasteiger partial charge in [0.05, 0.1) is 0 Å². The van der Waals surface area contributed by atoms with Crippen LogP contribution < -0.4 is 0 Å². The molecule has 0 bridgehead atoms. The molecule has 0 saturated carbocycles. The molecular formula is C25H24FNO. The van der Waals surface area contributed by atoms with Crippen LogP contribution in [-0.2, 0) is 11.3 Å². The van der Waals surface area contributed by atoms with E-state index in [4.69, 9.17) is 0 Å². The summed E-state index contributed by atoms with van der Waals surface area (Å²) in [4.78, 5) is 15.3. The van der Waals surface area contributed by atoms with Crippen molar-refractivity contribution in [2.45, 2.75) is 18.9 Å². The van der Waals surface area contributed by atoms with Crippen molar-refractivity contribution in [2.24, 2.45) is 5.92 Å². The molecule has 0 radical (unpaired) electrons. The summed E-state index contributed by atoms with van der Waals surface area (Å²) in [6.45, 7) is 2.20. The van der Waals surface area contributed by atoms with Crippen LogP contribution in [0.25, 0.3) is 0 Å². The van der Waals surface area contributed by atoms with Crippen LogP contribution in [0.15, 0.2) is 84.9 Å². The standard InChI is InChI=1S/C25H24FNO/c26-23-14-8-7-13-21(23)25(20-11-5-2-6-12-20)22-18-27(16-15-24(22)28)17-19-9-3-1-4-10-19/h1-14,22,25H,15-18H2. The average molecular weight is 373 g/mol. The number of likely N-dealkylation sites (tertiary alicyclic amines) is 1. The Morgan fingerprint density at radius 1 is 0.893 bits per heavy atom. The van der Waals surface area contributed by atoms with Gasteiger partial charge in [-0.2, -0.15) is 0 Å². The summed E-state index contributed by atoms with van der Waals surface area (Å²) in [6, 6.07) is 27.0. The van der Waals surface area contributed by atoms with Crippen LogP contribution in [0.3, 0.4) is 0 Å². The highest BCUT2D eigenvalue weighted by molar-refractivity contribution is 5.83. The summed E-state index contributed by atoms with van der Waals surface area (Å²) < 4.78 is 14.7. The van der Waals surface area contributed by atoms with Crippen molar-refractivity contribution < 1.29 is 9.18 Å². The second-order valence-electron chi connectivity index (χ2n) is 7.45. The highest BCUT2D eigenvalue weighted by atomic mass is 19.1. The molecule has 1 saturated heterocycles. The van der Waals surface area contributed by atoms with Crippen LogP contribution in [0.4, 0.5) is 4.39 Å². The fourth-order valence-corrected chi connectivity index (χ4v) is 4.22. The first-order valence-electron chi connectivity index (χ1n) is 9.81. The van der Waals surface area contributed by atoms with Crippen molar-refractivity contribution in [3.05, 3.63) is 107 Å². The summed E-state index contributed by atoms with van der Waals surface area (Å²) in [5.41, 5.74) is 2.83. The molecule has 2 atom stereocenters. The highest BCUT2D eigenvalue weighted by Gasteiger charge is 2.36.